The molecule has 7 heteroatoms. The highest BCUT2D eigenvalue weighted by atomic mass is 16.3. The number of aliphatic hydroxyl groups is 1. The Kier molecular flexibility index (Phi) is 8.58. The first-order valence-electron chi connectivity index (χ1n) is 12.8. The predicted octanol–water partition coefficient (Wildman–Crippen LogP) is 3.63. The highest BCUT2D eigenvalue weighted by molar-refractivity contribution is 5.97. The van der Waals surface area contributed by atoms with Crippen molar-refractivity contribution in [1.29, 1.82) is 0 Å². The average Bonchev–Trinajstić information content (AvgIpc) is 2.92. The maximum absolute atomic E-state index is 13.3. The van der Waals surface area contributed by atoms with Crippen LogP contribution in [0.4, 0.5) is 5.69 Å². The Bertz CT molecular complexity index is 1250. The van der Waals surface area contributed by atoms with Gasteiger partial charge in [-0.3, -0.25) is 9.59 Å². The van der Waals surface area contributed by atoms with Crippen molar-refractivity contribution in [3.63, 3.8) is 0 Å². The molecule has 1 heterocycles. The van der Waals surface area contributed by atoms with Gasteiger partial charge in [-0.05, 0) is 73.5 Å². The fourth-order valence-electron chi connectivity index (χ4n) is 4.57. The number of benzene rings is 3. The summed E-state index contributed by atoms with van der Waals surface area (Å²) in [7, 11) is 2.13. The molecule has 7 nitrogen and oxygen atoms in total. The fraction of sp³-hybridized carbons (Fsp3) is 0.333. The van der Waals surface area contributed by atoms with E-state index in [1.165, 1.54) is 0 Å². The van der Waals surface area contributed by atoms with Crippen LogP contribution in [0.2, 0.25) is 0 Å². The van der Waals surface area contributed by atoms with E-state index in [9.17, 15) is 9.59 Å². The van der Waals surface area contributed by atoms with E-state index >= 15 is 0 Å². The molecular formula is C30H36N4O3. The molecule has 1 saturated heterocycles. The number of aryl methyl sites for hydroxylation is 1. The molecule has 3 aromatic rings. The molecule has 2 amide bonds. The van der Waals surface area contributed by atoms with Crippen LogP contribution in [0.1, 0.15) is 44.8 Å². The molecule has 0 unspecified atom stereocenters. The number of likely N-dealkylation sites (N-methyl/N-ethyl adjacent to an activating group) is 1. The zero-order chi connectivity index (χ0) is 26.4. The number of anilines is 1. The number of nitrogens with one attached hydrogen (secondary N) is 2. The van der Waals surface area contributed by atoms with E-state index in [2.05, 4.69) is 33.5 Å². The number of nitrogens with zero attached hydrogens (tertiary/aromatic N) is 2. The van der Waals surface area contributed by atoms with Crippen molar-refractivity contribution < 1.29 is 14.7 Å². The second-order valence-corrected chi connectivity index (χ2v) is 9.67. The first-order valence-corrected chi connectivity index (χ1v) is 12.8. The van der Waals surface area contributed by atoms with Crippen LogP contribution in [0.15, 0.2) is 66.7 Å². The molecule has 3 aromatic carbocycles. The lowest BCUT2D eigenvalue weighted by Crippen LogP contribution is -2.44. The number of amides is 2. The second-order valence-electron chi connectivity index (χ2n) is 9.67. The fourth-order valence-corrected chi connectivity index (χ4v) is 4.57. The summed E-state index contributed by atoms with van der Waals surface area (Å²) in [6, 6.07) is 21.3. The highest BCUT2D eigenvalue weighted by Crippen LogP contribution is 2.26. The molecule has 3 N–H and O–H groups in total. The smallest absolute Gasteiger partial charge is 0.252 e. The molecule has 4 rings (SSSR count). The molecule has 0 radical (unpaired) electrons. The Morgan fingerprint density at radius 3 is 2.35 bits per heavy atom. The number of piperazine rings is 1. The summed E-state index contributed by atoms with van der Waals surface area (Å²) in [6.45, 7) is 8.00. The first-order chi connectivity index (χ1) is 17.9. The van der Waals surface area contributed by atoms with Crippen LogP contribution < -0.4 is 15.5 Å². The van der Waals surface area contributed by atoms with Gasteiger partial charge in [-0.15, -0.1) is 0 Å². The SMILES string of the molecule is Cc1ccc(N2CCN(C)CC2)cc1C(=O)N[C@H](C)c1cccc(-c2cccc(C(=O)NCCO)c2)c1. The molecular weight excluding hydrogens is 464 g/mol. The molecule has 0 aromatic heterocycles. The Hall–Kier alpha value is -3.68. The molecule has 0 spiro atoms. The third-order valence-corrected chi connectivity index (χ3v) is 6.92. The van der Waals surface area contributed by atoms with Gasteiger partial charge in [0.2, 0.25) is 0 Å². The molecule has 0 saturated carbocycles. The van der Waals surface area contributed by atoms with Gasteiger partial charge in [-0.1, -0.05) is 36.4 Å². The van der Waals surface area contributed by atoms with E-state index < -0.39 is 0 Å². The van der Waals surface area contributed by atoms with E-state index in [1.54, 1.807) is 6.07 Å². The van der Waals surface area contributed by atoms with E-state index in [0.717, 1.165) is 54.1 Å². The predicted molar refractivity (Wildman–Crippen MR) is 148 cm³/mol. The van der Waals surface area contributed by atoms with Crippen LogP contribution in [0.3, 0.4) is 0 Å². The molecule has 1 atom stereocenters. The Balaban J connectivity index is 1.48. The van der Waals surface area contributed by atoms with Gasteiger partial charge in [0, 0.05) is 49.5 Å². The normalized spacial score (nSPS) is 14.8. The monoisotopic (exact) mass is 500 g/mol. The van der Waals surface area contributed by atoms with Crippen molar-refractivity contribution in [1.82, 2.24) is 15.5 Å². The van der Waals surface area contributed by atoms with Crippen LogP contribution in [-0.4, -0.2) is 68.2 Å². The lowest BCUT2D eigenvalue weighted by Gasteiger charge is -2.34. The molecule has 1 fully saturated rings. The van der Waals surface area contributed by atoms with Crippen LogP contribution in [-0.2, 0) is 0 Å². The van der Waals surface area contributed by atoms with Gasteiger partial charge in [0.15, 0.2) is 0 Å². The standard InChI is InChI=1S/C30H36N4O3/c1-21-10-11-27(34-15-13-33(3)14-16-34)20-28(21)30(37)32-22(2)23-6-4-7-24(18-23)25-8-5-9-26(19-25)29(36)31-12-17-35/h4-11,18-20,22,35H,12-17H2,1-3H3,(H,31,36)(H,32,37)/t22-/m1/s1. The van der Waals surface area contributed by atoms with Crippen molar-refractivity contribution >= 4 is 17.5 Å². The number of aliphatic hydroxyl groups excluding tert-OH is 1. The minimum absolute atomic E-state index is 0.0890. The van der Waals surface area contributed by atoms with E-state index in [-0.39, 0.29) is 31.0 Å². The minimum atomic E-state index is -0.221. The van der Waals surface area contributed by atoms with Crippen LogP contribution in [0.25, 0.3) is 11.1 Å². The molecule has 37 heavy (non-hydrogen) atoms. The topological polar surface area (TPSA) is 84.9 Å². The van der Waals surface area contributed by atoms with Crippen molar-refractivity contribution in [3.8, 4) is 11.1 Å². The minimum Gasteiger partial charge on any atom is -0.395 e. The Morgan fingerprint density at radius 1 is 0.919 bits per heavy atom. The Labute approximate surface area is 219 Å². The van der Waals surface area contributed by atoms with Gasteiger partial charge in [-0.2, -0.15) is 0 Å². The van der Waals surface area contributed by atoms with Gasteiger partial charge in [0.05, 0.1) is 12.6 Å². The maximum atomic E-state index is 13.3. The Morgan fingerprint density at radius 2 is 1.62 bits per heavy atom. The average molecular weight is 501 g/mol. The number of carbonyl (C=O) groups excluding carboxylic acids is 2. The number of rotatable bonds is 8. The summed E-state index contributed by atoms with van der Waals surface area (Å²) in [4.78, 5) is 30.3. The first kappa shape index (κ1) is 26.4. The quantitative estimate of drug-likeness (QED) is 0.440. The van der Waals surface area contributed by atoms with Gasteiger partial charge >= 0.3 is 0 Å². The van der Waals surface area contributed by atoms with Gasteiger partial charge in [-0.25, -0.2) is 0 Å². The van der Waals surface area contributed by atoms with Crippen molar-refractivity contribution in [2.45, 2.75) is 19.9 Å². The molecule has 0 bridgehead atoms. The second kappa shape index (κ2) is 12.0. The lowest BCUT2D eigenvalue weighted by molar-refractivity contribution is 0.0933. The van der Waals surface area contributed by atoms with Crippen LogP contribution in [0, 0.1) is 6.92 Å². The zero-order valence-corrected chi connectivity index (χ0v) is 21.8. The van der Waals surface area contributed by atoms with E-state index in [4.69, 9.17) is 5.11 Å². The largest absolute Gasteiger partial charge is 0.395 e. The van der Waals surface area contributed by atoms with Crippen LogP contribution in [0.5, 0.6) is 0 Å². The molecule has 1 aliphatic heterocycles. The number of hydrogen-bond acceptors (Lipinski definition) is 5. The summed E-state index contributed by atoms with van der Waals surface area (Å²) < 4.78 is 0. The summed E-state index contributed by atoms with van der Waals surface area (Å²) in [6.07, 6.45) is 0. The molecule has 1 aliphatic rings. The molecule has 194 valence electrons. The van der Waals surface area contributed by atoms with Crippen molar-refractivity contribution in [2.75, 3.05) is 51.3 Å². The van der Waals surface area contributed by atoms with E-state index in [1.807, 2.05) is 68.4 Å². The lowest BCUT2D eigenvalue weighted by atomic mass is 9.98. The zero-order valence-electron chi connectivity index (χ0n) is 21.8. The van der Waals surface area contributed by atoms with Gasteiger partial charge < -0.3 is 25.5 Å². The number of hydrogen-bond donors (Lipinski definition) is 3. The van der Waals surface area contributed by atoms with Crippen LogP contribution >= 0.6 is 0 Å². The third-order valence-electron chi connectivity index (χ3n) is 6.92. The summed E-state index contributed by atoms with van der Waals surface area (Å²) in [5, 5.41) is 14.8. The third kappa shape index (κ3) is 6.56. The summed E-state index contributed by atoms with van der Waals surface area (Å²) in [5.41, 5.74) is 6.12. The van der Waals surface area contributed by atoms with Gasteiger partial charge in [0.1, 0.15) is 0 Å². The van der Waals surface area contributed by atoms with Crippen molar-refractivity contribution in [2.24, 2.45) is 0 Å². The summed E-state index contributed by atoms with van der Waals surface area (Å²) in [5.74, 6) is -0.309. The highest BCUT2D eigenvalue weighted by Gasteiger charge is 2.19. The maximum Gasteiger partial charge on any atom is 0.252 e. The summed E-state index contributed by atoms with van der Waals surface area (Å²) >= 11 is 0. The molecule has 0 aliphatic carbocycles. The van der Waals surface area contributed by atoms with Crippen molar-refractivity contribution in [3.05, 3.63) is 89.0 Å². The van der Waals surface area contributed by atoms with Gasteiger partial charge in [0.25, 0.3) is 11.8 Å². The van der Waals surface area contributed by atoms with E-state index in [0.29, 0.717) is 11.1 Å². The number of carbonyl (C=O) groups is 2.